The van der Waals surface area contributed by atoms with Gasteiger partial charge in [-0.05, 0) is 53.1 Å². The van der Waals surface area contributed by atoms with E-state index in [-0.39, 0.29) is 23.8 Å². The van der Waals surface area contributed by atoms with Gasteiger partial charge in [-0.3, -0.25) is 4.79 Å². The molecule has 1 aromatic heterocycles. The van der Waals surface area contributed by atoms with E-state index in [2.05, 4.69) is 5.32 Å². The number of hydrogen-bond donors (Lipinski definition) is 1. The molecule has 0 bridgehead atoms. The van der Waals surface area contributed by atoms with Gasteiger partial charge in [0.05, 0.1) is 17.9 Å². The van der Waals surface area contributed by atoms with Crippen LogP contribution < -0.4 is 5.32 Å². The van der Waals surface area contributed by atoms with Crippen molar-refractivity contribution < 1.29 is 13.2 Å². The zero-order chi connectivity index (χ0) is 22.4. The molecular weight excluding hydrogens is 420 g/mol. The third-order valence-electron chi connectivity index (χ3n) is 5.03. The molecule has 0 aliphatic heterocycles. The minimum Gasteiger partial charge on any atom is -0.326 e. The third-order valence-corrected chi connectivity index (χ3v) is 6.58. The molecule has 0 atom stereocenters. The van der Waals surface area contributed by atoms with Crippen LogP contribution in [0.5, 0.6) is 0 Å². The van der Waals surface area contributed by atoms with E-state index < -0.39 is 9.84 Å². The molecule has 0 radical (unpaired) electrons. The summed E-state index contributed by atoms with van der Waals surface area (Å²) in [6.45, 7) is 0. The summed E-state index contributed by atoms with van der Waals surface area (Å²) >= 11 is 0. The fourth-order valence-electron chi connectivity index (χ4n) is 3.56. The van der Waals surface area contributed by atoms with Crippen LogP contribution in [0.25, 0.3) is 5.69 Å². The van der Waals surface area contributed by atoms with Crippen molar-refractivity contribution in [3.63, 3.8) is 0 Å². The Bertz CT molecular complexity index is 1280. The van der Waals surface area contributed by atoms with Crippen LogP contribution in [-0.4, -0.2) is 18.9 Å². The SMILES string of the molecule is O=C(Cc1ccc(-n2cccc2)cc1)Nc1cccc(CS(=O)(=O)Cc2ccccc2)c1. The third kappa shape index (κ3) is 5.95. The molecule has 1 amide bonds. The van der Waals surface area contributed by atoms with Gasteiger partial charge in [0.2, 0.25) is 5.91 Å². The van der Waals surface area contributed by atoms with Crippen molar-refractivity contribution >= 4 is 21.4 Å². The summed E-state index contributed by atoms with van der Waals surface area (Å²) in [5.41, 5.74) is 3.93. The van der Waals surface area contributed by atoms with Crippen molar-refractivity contribution in [2.45, 2.75) is 17.9 Å². The van der Waals surface area contributed by atoms with Gasteiger partial charge in [-0.1, -0.05) is 54.6 Å². The number of carbonyl (C=O) groups excluding carboxylic acids is 1. The van der Waals surface area contributed by atoms with Gasteiger partial charge in [-0.25, -0.2) is 8.42 Å². The maximum absolute atomic E-state index is 12.6. The van der Waals surface area contributed by atoms with Crippen molar-refractivity contribution in [2.75, 3.05) is 5.32 Å². The van der Waals surface area contributed by atoms with Gasteiger partial charge >= 0.3 is 0 Å². The van der Waals surface area contributed by atoms with Crippen LogP contribution >= 0.6 is 0 Å². The van der Waals surface area contributed by atoms with Crippen LogP contribution in [0.15, 0.2) is 103 Å². The summed E-state index contributed by atoms with van der Waals surface area (Å²) in [6, 6.07) is 27.9. The van der Waals surface area contributed by atoms with E-state index in [1.54, 1.807) is 36.4 Å². The molecular formula is C26H24N2O3S. The van der Waals surface area contributed by atoms with E-state index in [9.17, 15) is 13.2 Å². The lowest BCUT2D eigenvalue weighted by molar-refractivity contribution is -0.115. The molecule has 0 unspecified atom stereocenters. The molecule has 32 heavy (non-hydrogen) atoms. The normalized spacial score (nSPS) is 11.2. The Kier molecular flexibility index (Phi) is 6.52. The van der Waals surface area contributed by atoms with E-state index >= 15 is 0 Å². The van der Waals surface area contributed by atoms with Crippen molar-refractivity contribution in [2.24, 2.45) is 0 Å². The number of nitrogens with one attached hydrogen (secondary N) is 1. The van der Waals surface area contributed by atoms with Gasteiger partial charge in [-0.15, -0.1) is 0 Å². The molecule has 1 N–H and O–H groups in total. The summed E-state index contributed by atoms with van der Waals surface area (Å²) in [5, 5.41) is 2.87. The van der Waals surface area contributed by atoms with Crippen molar-refractivity contribution in [3.05, 3.63) is 120 Å². The highest BCUT2D eigenvalue weighted by Gasteiger charge is 2.14. The Labute approximate surface area is 188 Å². The van der Waals surface area contributed by atoms with Crippen LogP contribution in [0, 0.1) is 0 Å². The van der Waals surface area contributed by atoms with E-state index in [1.165, 1.54) is 0 Å². The number of carbonyl (C=O) groups is 1. The molecule has 0 fully saturated rings. The molecule has 3 aromatic carbocycles. The predicted molar refractivity (Wildman–Crippen MR) is 127 cm³/mol. The summed E-state index contributed by atoms with van der Waals surface area (Å²) in [7, 11) is -3.32. The quantitative estimate of drug-likeness (QED) is 0.426. The molecule has 1 heterocycles. The Morgan fingerprint density at radius 2 is 1.38 bits per heavy atom. The predicted octanol–water partition coefficient (Wildman–Crippen LogP) is 4.77. The summed E-state index contributed by atoms with van der Waals surface area (Å²) in [4.78, 5) is 12.5. The first-order valence-corrected chi connectivity index (χ1v) is 12.1. The van der Waals surface area contributed by atoms with E-state index in [0.29, 0.717) is 11.3 Å². The zero-order valence-electron chi connectivity index (χ0n) is 17.5. The van der Waals surface area contributed by atoms with Gasteiger partial charge < -0.3 is 9.88 Å². The summed E-state index contributed by atoms with van der Waals surface area (Å²) in [6.07, 6.45) is 4.17. The number of rotatable bonds is 8. The zero-order valence-corrected chi connectivity index (χ0v) is 18.3. The van der Waals surface area contributed by atoms with Gasteiger partial charge in [0, 0.05) is 23.8 Å². The largest absolute Gasteiger partial charge is 0.326 e. The Hall–Kier alpha value is -3.64. The average Bonchev–Trinajstić information content (AvgIpc) is 3.29. The Morgan fingerprint density at radius 3 is 2.09 bits per heavy atom. The van der Waals surface area contributed by atoms with Crippen LogP contribution in [0.4, 0.5) is 5.69 Å². The number of nitrogens with zero attached hydrogens (tertiary/aromatic N) is 1. The van der Waals surface area contributed by atoms with Gasteiger partial charge in [0.25, 0.3) is 0 Å². The van der Waals surface area contributed by atoms with Gasteiger partial charge in [0.15, 0.2) is 9.84 Å². The van der Waals surface area contributed by atoms with Crippen LogP contribution in [-0.2, 0) is 32.6 Å². The minimum atomic E-state index is -3.32. The second kappa shape index (κ2) is 9.66. The molecule has 162 valence electrons. The van der Waals surface area contributed by atoms with Crippen LogP contribution in [0.3, 0.4) is 0 Å². The average molecular weight is 445 g/mol. The highest BCUT2D eigenvalue weighted by Crippen LogP contribution is 2.17. The Morgan fingerprint density at radius 1 is 0.719 bits per heavy atom. The number of anilines is 1. The maximum atomic E-state index is 12.6. The number of aromatic nitrogens is 1. The van der Waals surface area contributed by atoms with E-state index in [4.69, 9.17) is 0 Å². The molecule has 4 aromatic rings. The van der Waals surface area contributed by atoms with Crippen LogP contribution in [0.2, 0.25) is 0 Å². The second-order valence-corrected chi connectivity index (χ2v) is 9.76. The first-order valence-electron chi connectivity index (χ1n) is 10.3. The second-order valence-electron chi connectivity index (χ2n) is 7.70. The topological polar surface area (TPSA) is 68.2 Å². The standard InChI is InChI=1S/C26H24N2O3S/c29-26(18-21-11-13-25(14-12-21)28-15-4-5-16-28)27-24-10-6-9-23(17-24)20-32(30,31)19-22-7-2-1-3-8-22/h1-17H,18-20H2,(H,27,29). The molecule has 0 aliphatic rings. The lowest BCUT2D eigenvalue weighted by atomic mass is 10.1. The fourth-order valence-corrected chi connectivity index (χ4v) is 5.04. The fraction of sp³-hybridized carbons (Fsp3) is 0.115. The summed E-state index contributed by atoms with van der Waals surface area (Å²) < 4.78 is 27.1. The van der Waals surface area contributed by atoms with Crippen LogP contribution in [0.1, 0.15) is 16.7 Å². The number of sulfone groups is 1. The number of benzene rings is 3. The monoisotopic (exact) mass is 444 g/mol. The first kappa shape index (κ1) is 21.6. The Balaban J connectivity index is 1.36. The smallest absolute Gasteiger partial charge is 0.228 e. The highest BCUT2D eigenvalue weighted by atomic mass is 32.2. The van der Waals surface area contributed by atoms with Crippen molar-refractivity contribution in [1.29, 1.82) is 0 Å². The molecule has 6 heteroatoms. The molecule has 5 nitrogen and oxygen atoms in total. The minimum absolute atomic E-state index is 0.0105. The van der Waals surface area contributed by atoms with Gasteiger partial charge in [-0.2, -0.15) is 0 Å². The lowest BCUT2D eigenvalue weighted by Gasteiger charge is -2.09. The lowest BCUT2D eigenvalue weighted by Crippen LogP contribution is -2.15. The molecule has 0 saturated heterocycles. The molecule has 0 saturated carbocycles. The van der Waals surface area contributed by atoms with Crippen molar-refractivity contribution in [3.8, 4) is 5.69 Å². The number of hydrogen-bond acceptors (Lipinski definition) is 3. The van der Waals surface area contributed by atoms with Crippen molar-refractivity contribution in [1.82, 2.24) is 4.57 Å². The first-order chi connectivity index (χ1) is 15.5. The highest BCUT2D eigenvalue weighted by molar-refractivity contribution is 7.89. The summed E-state index contributed by atoms with van der Waals surface area (Å²) in [5.74, 6) is -0.237. The number of amides is 1. The van der Waals surface area contributed by atoms with E-state index in [1.807, 2.05) is 71.6 Å². The van der Waals surface area contributed by atoms with E-state index in [0.717, 1.165) is 16.8 Å². The molecule has 0 spiro atoms. The van der Waals surface area contributed by atoms with Gasteiger partial charge in [0.1, 0.15) is 0 Å². The molecule has 0 aliphatic carbocycles. The maximum Gasteiger partial charge on any atom is 0.228 e. The molecule has 4 rings (SSSR count).